The van der Waals surface area contributed by atoms with Gasteiger partial charge in [-0.2, -0.15) is 4.98 Å². The van der Waals surface area contributed by atoms with Crippen molar-refractivity contribution in [1.82, 2.24) is 14.9 Å². The van der Waals surface area contributed by atoms with Crippen LogP contribution in [-0.4, -0.2) is 52.5 Å². The van der Waals surface area contributed by atoms with Crippen molar-refractivity contribution in [1.29, 1.82) is 0 Å². The number of nitrogen functional groups attached to an aromatic ring is 1. The van der Waals surface area contributed by atoms with Gasteiger partial charge in [-0.05, 0) is 18.8 Å². The van der Waals surface area contributed by atoms with E-state index in [-0.39, 0.29) is 11.6 Å². The van der Waals surface area contributed by atoms with Crippen LogP contribution in [0, 0.1) is 16.0 Å². The first-order valence-corrected chi connectivity index (χ1v) is 7.12. The number of hydrazine groups is 1. The Balaban J connectivity index is 1.72. The number of piperazine rings is 1. The van der Waals surface area contributed by atoms with Crippen LogP contribution < -0.4 is 16.2 Å². The molecule has 2 aliphatic rings. The number of nitro groups is 1. The van der Waals surface area contributed by atoms with Gasteiger partial charge in [0.25, 0.3) is 0 Å². The van der Waals surface area contributed by atoms with Crippen molar-refractivity contribution in [3.05, 3.63) is 16.3 Å². The molecule has 3 N–H and O–H groups in total. The first-order chi connectivity index (χ1) is 10.2. The maximum Gasteiger partial charge on any atom is 0.329 e. The number of nitrogens with zero attached hydrogens (tertiary/aromatic N) is 5. The molecule has 3 rings (SSSR count). The second-order valence-electron chi connectivity index (χ2n) is 5.53. The molecule has 0 bridgehead atoms. The summed E-state index contributed by atoms with van der Waals surface area (Å²) in [6.45, 7) is 4.42. The molecule has 1 aliphatic heterocycles. The Morgan fingerprint density at radius 2 is 2.10 bits per heavy atom. The zero-order valence-electron chi connectivity index (χ0n) is 11.7. The molecule has 1 saturated carbocycles. The van der Waals surface area contributed by atoms with Gasteiger partial charge in [0, 0.05) is 32.7 Å². The molecular weight excluding hydrogens is 274 g/mol. The van der Waals surface area contributed by atoms with Crippen LogP contribution in [0.4, 0.5) is 17.5 Å². The molecule has 9 nitrogen and oxygen atoms in total. The van der Waals surface area contributed by atoms with E-state index in [0.717, 1.165) is 38.6 Å². The van der Waals surface area contributed by atoms with Gasteiger partial charge in [-0.3, -0.25) is 20.4 Å². The Labute approximate surface area is 122 Å². The molecule has 0 radical (unpaired) electrons. The van der Waals surface area contributed by atoms with E-state index in [4.69, 9.17) is 5.84 Å². The normalized spacial score (nSPS) is 19.6. The van der Waals surface area contributed by atoms with Crippen LogP contribution in [0.25, 0.3) is 0 Å². The molecule has 0 spiro atoms. The summed E-state index contributed by atoms with van der Waals surface area (Å²) in [6, 6.07) is 0. The van der Waals surface area contributed by atoms with E-state index in [1.807, 2.05) is 4.90 Å². The minimum Gasteiger partial charge on any atom is -0.348 e. The molecule has 114 valence electrons. The average Bonchev–Trinajstić information content (AvgIpc) is 3.31. The van der Waals surface area contributed by atoms with E-state index in [1.54, 1.807) is 0 Å². The summed E-state index contributed by atoms with van der Waals surface area (Å²) >= 11 is 0. The van der Waals surface area contributed by atoms with Crippen molar-refractivity contribution in [2.24, 2.45) is 11.8 Å². The SMILES string of the molecule is NNc1ncc([N+](=O)[O-])c(N2CCN(CC3CC3)CC2)n1. The van der Waals surface area contributed by atoms with Crippen molar-refractivity contribution in [2.75, 3.05) is 43.0 Å². The molecule has 0 amide bonds. The largest absolute Gasteiger partial charge is 0.348 e. The summed E-state index contributed by atoms with van der Waals surface area (Å²) in [7, 11) is 0. The number of aromatic nitrogens is 2. The lowest BCUT2D eigenvalue weighted by Gasteiger charge is -2.35. The monoisotopic (exact) mass is 293 g/mol. The van der Waals surface area contributed by atoms with Crippen molar-refractivity contribution in [3.8, 4) is 0 Å². The first kappa shape index (κ1) is 14.0. The van der Waals surface area contributed by atoms with Gasteiger partial charge in [0.15, 0.2) is 0 Å². The summed E-state index contributed by atoms with van der Waals surface area (Å²) in [5.41, 5.74) is 2.25. The minimum absolute atomic E-state index is 0.0790. The van der Waals surface area contributed by atoms with Gasteiger partial charge in [0.1, 0.15) is 6.20 Å². The summed E-state index contributed by atoms with van der Waals surface area (Å²) in [4.78, 5) is 23.0. The van der Waals surface area contributed by atoms with Crippen LogP contribution in [0.15, 0.2) is 6.20 Å². The molecule has 2 fully saturated rings. The predicted molar refractivity (Wildman–Crippen MR) is 77.9 cm³/mol. The Bertz CT molecular complexity index is 526. The summed E-state index contributed by atoms with van der Waals surface area (Å²) < 4.78 is 0. The molecule has 1 aliphatic carbocycles. The molecule has 1 saturated heterocycles. The Hall–Kier alpha value is -2.00. The van der Waals surface area contributed by atoms with E-state index in [2.05, 4.69) is 20.3 Å². The van der Waals surface area contributed by atoms with E-state index >= 15 is 0 Å². The summed E-state index contributed by atoms with van der Waals surface area (Å²) in [5.74, 6) is 6.68. The van der Waals surface area contributed by atoms with Gasteiger partial charge >= 0.3 is 5.69 Å². The van der Waals surface area contributed by atoms with Crippen LogP contribution in [0.2, 0.25) is 0 Å². The lowest BCUT2D eigenvalue weighted by molar-refractivity contribution is -0.384. The maximum atomic E-state index is 11.1. The fourth-order valence-corrected chi connectivity index (χ4v) is 2.61. The maximum absolute atomic E-state index is 11.1. The molecule has 0 unspecified atom stereocenters. The van der Waals surface area contributed by atoms with Gasteiger partial charge < -0.3 is 4.90 Å². The van der Waals surface area contributed by atoms with Gasteiger partial charge in [-0.1, -0.05) is 0 Å². The van der Waals surface area contributed by atoms with Crippen LogP contribution in [-0.2, 0) is 0 Å². The minimum atomic E-state index is -0.452. The van der Waals surface area contributed by atoms with E-state index < -0.39 is 4.92 Å². The predicted octanol–water partition coefficient (Wildman–Crippen LogP) is 0.202. The number of anilines is 2. The van der Waals surface area contributed by atoms with Crippen molar-refractivity contribution in [2.45, 2.75) is 12.8 Å². The van der Waals surface area contributed by atoms with Crippen LogP contribution in [0.1, 0.15) is 12.8 Å². The van der Waals surface area contributed by atoms with Crippen LogP contribution in [0.3, 0.4) is 0 Å². The second-order valence-corrected chi connectivity index (χ2v) is 5.53. The average molecular weight is 293 g/mol. The van der Waals surface area contributed by atoms with Crippen LogP contribution >= 0.6 is 0 Å². The number of nitrogens with one attached hydrogen (secondary N) is 1. The highest BCUT2D eigenvalue weighted by Gasteiger charge is 2.29. The first-order valence-electron chi connectivity index (χ1n) is 7.12. The molecule has 2 heterocycles. The number of nitrogens with two attached hydrogens (primary N) is 1. The van der Waals surface area contributed by atoms with Gasteiger partial charge in [-0.25, -0.2) is 10.8 Å². The molecule has 9 heteroatoms. The van der Waals surface area contributed by atoms with Gasteiger partial charge in [0.05, 0.1) is 4.92 Å². The number of rotatable bonds is 5. The topological polar surface area (TPSA) is 113 Å². The Kier molecular flexibility index (Phi) is 3.84. The zero-order valence-corrected chi connectivity index (χ0v) is 11.7. The van der Waals surface area contributed by atoms with Crippen molar-refractivity contribution in [3.63, 3.8) is 0 Å². The molecule has 1 aromatic rings. The standard InChI is InChI=1S/C12H19N7O2/c13-16-12-14-7-10(19(20)21)11(15-12)18-5-3-17(4-6-18)8-9-1-2-9/h7,9H,1-6,8,13H2,(H,14,15,16). The van der Waals surface area contributed by atoms with E-state index in [1.165, 1.54) is 19.0 Å². The lowest BCUT2D eigenvalue weighted by atomic mass is 10.2. The van der Waals surface area contributed by atoms with Crippen molar-refractivity contribution < 1.29 is 4.92 Å². The quantitative estimate of drug-likeness (QED) is 0.450. The van der Waals surface area contributed by atoms with Crippen LogP contribution in [0.5, 0.6) is 0 Å². The Morgan fingerprint density at radius 1 is 1.38 bits per heavy atom. The molecular formula is C12H19N7O2. The number of hydrogen-bond acceptors (Lipinski definition) is 8. The number of hydrogen-bond donors (Lipinski definition) is 2. The highest BCUT2D eigenvalue weighted by Crippen LogP contribution is 2.31. The molecule has 1 aromatic heterocycles. The highest BCUT2D eigenvalue weighted by atomic mass is 16.6. The second kappa shape index (κ2) is 5.78. The smallest absolute Gasteiger partial charge is 0.329 e. The van der Waals surface area contributed by atoms with Gasteiger partial charge in [-0.15, -0.1) is 0 Å². The zero-order chi connectivity index (χ0) is 14.8. The van der Waals surface area contributed by atoms with E-state index in [9.17, 15) is 10.1 Å². The molecule has 0 atom stereocenters. The molecule has 21 heavy (non-hydrogen) atoms. The van der Waals surface area contributed by atoms with Gasteiger partial charge in [0.2, 0.25) is 11.8 Å². The Morgan fingerprint density at radius 3 is 2.67 bits per heavy atom. The fraction of sp³-hybridized carbons (Fsp3) is 0.667. The third-order valence-corrected chi connectivity index (χ3v) is 3.96. The lowest BCUT2D eigenvalue weighted by Crippen LogP contribution is -2.47. The highest BCUT2D eigenvalue weighted by molar-refractivity contribution is 5.59. The van der Waals surface area contributed by atoms with Crippen molar-refractivity contribution >= 4 is 17.5 Å². The third-order valence-electron chi connectivity index (χ3n) is 3.96. The summed E-state index contributed by atoms with van der Waals surface area (Å²) in [6.07, 6.45) is 3.88. The van der Waals surface area contributed by atoms with E-state index in [0.29, 0.717) is 5.82 Å². The third kappa shape index (κ3) is 3.19. The molecule has 0 aromatic carbocycles. The fourth-order valence-electron chi connectivity index (χ4n) is 2.61. The summed E-state index contributed by atoms with van der Waals surface area (Å²) in [5, 5.41) is 11.1.